The molecule has 2 N–H and O–H groups in total. The molecule has 0 saturated heterocycles. The molecule has 0 aliphatic heterocycles. The second-order valence-electron chi connectivity index (χ2n) is 11.4. The highest BCUT2D eigenvalue weighted by atomic mass is 16.4. The Morgan fingerprint density at radius 2 is 1.91 bits per heavy atom. The van der Waals surface area contributed by atoms with E-state index in [-0.39, 0.29) is 11.8 Å². The van der Waals surface area contributed by atoms with Crippen molar-refractivity contribution in [3.8, 4) is 0 Å². The van der Waals surface area contributed by atoms with E-state index in [1.165, 1.54) is 12.0 Å². The van der Waals surface area contributed by atoms with Crippen LogP contribution in [-0.2, 0) is 11.2 Å². The molecule has 0 bridgehead atoms. The Hall–Kier alpha value is -2.82. The predicted octanol–water partition coefficient (Wildman–Crippen LogP) is 7.62. The monoisotopic (exact) mass is 461 g/mol. The van der Waals surface area contributed by atoms with Crippen molar-refractivity contribution < 1.29 is 9.90 Å². The fourth-order valence-electron chi connectivity index (χ4n) is 5.83. The van der Waals surface area contributed by atoms with E-state index < -0.39 is 5.97 Å². The SMILES string of the molecule is Cc1cc2c(cc1CCC(=O)O)nc(Nc1ccc(C(C)C)cc1)n2[C@H]1C[C@@H](C)CC(C)(C)C1. The average Bonchev–Trinajstić information content (AvgIpc) is 3.07. The number of anilines is 2. The number of rotatable bonds is 7. The van der Waals surface area contributed by atoms with E-state index in [2.05, 4.69) is 87.8 Å². The van der Waals surface area contributed by atoms with Gasteiger partial charge < -0.3 is 15.0 Å². The molecule has 0 radical (unpaired) electrons. The maximum absolute atomic E-state index is 11.1. The van der Waals surface area contributed by atoms with Crippen LogP contribution in [-0.4, -0.2) is 20.6 Å². The van der Waals surface area contributed by atoms with Gasteiger partial charge in [0.2, 0.25) is 5.95 Å². The van der Waals surface area contributed by atoms with Crippen LogP contribution in [0.1, 0.15) is 89.0 Å². The summed E-state index contributed by atoms with van der Waals surface area (Å²) in [5.74, 6) is 1.25. The van der Waals surface area contributed by atoms with E-state index in [0.29, 0.717) is 24.3 Å². The Kier molecular flexibility index (Phi) is 6.75. The van der Waals surface area contributed by atoms with Crippen molar-refractivity contribution in [2.75, 3.05) is 5.32 Å². The van der Waals surface area contributed by atoms with Crippen LogP contribution in [0.15, 0.2) is 36.4 Å². The average molecular weight is 462 g/mol. The lowest BCUT2D eigenvalue weighted by Crippen LogP contribution is -2.29. The van der Waals surface area contributed by atoms with Gasteiger partial charge in [0, 0.05) is 18.2 Å². The molecule has 0 spiro atoms. The van der Waals surface area contributed by atoms with E-state index in [9.17, 15) is 4.79 Å². The summed E-state index contributed by atoms with van der Waals surface area (Å²) < 4.78 is 2.41. The highest BCUT2D eigenvalue weighted by Crippen LogP contribution is 2.46. The highest BCUT2D eigenvalue weighted by Gasteiger charge is 2.34. The number of benzene rings is 2. The zero-order valence-electron chi connectivity index (χ0n) is 21.5. The van der Waals surface area contributed by atoms with Crippen LogP contribution >= 0.6 is 0 Å². The van der Waals surface area contributed by atoms with Gasteiger partial charge in [-0.1, -0.05) is 46.8 Å². The molecule has 182 valence electrons. The number of hydrogen-bond donors (Lipinski definition) is 2. The van der Waals surface area contributed by atoms with E-state index in [0.717, 1.165) is 46.6 Å². The van der Waals surface area contributed by atoms with Crippen molar-refractivity contribution in [3.63, 3.8) is 0 Å². The lowest BCUT2D eigenvalue weighted by atomic mass is 9.70. The first-order valence-electron chi connectivity index (χ1n) is 12.6. The van der Waals surface area contributed by atoms with Gasteiger partial charge in [-0.2, -0.15) is 0 Å². The molecule has 1 aromatic heterocycles. The molecule has 1 heterocycles. The second kappa shape index (κ2) is 9.44. The summed E-state index contributed by atoms with van der Waals surface area (Å²) in [6.07, 6.45) is 4.15. The zero-order chi connectivity index (χ0) is 24.6. The Morgan fingerprint density at radius 3 is 2.53 bits per heavy atom. The Labute approximate surface area is 203 Å². The molecule has 5 nitrogen and oxygen atoms in total. The molecule has 2 aromatic carbocycles. The van der Waals surface area contributed by atoms with Crippen molar-refractivity contribution >= 4 is 28.6 Å². The zero-order valence-corrected chi connectivity index (χ0v) is 21.5. The minimum Gasteiger partial charge on any atom is -0.481 e. The van der Waals surface area contributed by atoms with Crippen molar-refractivity contribution in [3.05, 3.63) is 53.1 Å². The summed E-state index contributed by atoms with van der Waals surface area (Å²) >= 11 is 0. The number of aliphatic carboxylic acids is 1. The molecule has 1 aliphatic rings. The lowest BCUT2D eigenvalue weighted by molar-refractivity contribution is -0.136. The number of carbonyl (C=O) groups is 1. The molecule has 0 unspecified atom stereocenters. The van der Waals surface area contributed by atoms with Gasteiger partial charge in [0.1, 0.15) is 0 Å². The molecule has 34 heavy (non-hydrogen) atoms. The van der Waals surface area contributed by atoms with Crippen LogP contribution < -0.4 is 5.32 Å². The predicted molar refractivity (Wildman–Crippen MR) is 140 cm³/mol. The van der Waals surface area contributed by atoms with Crippen LogP contribution in [0.4, 0.5) is 11.6 Å². The fraction of sp³-hybridized carbons (Fsp3) is 0.517. The number of fused-ring (bicyclic) bond motifs is 1. The Balaban J connectivity index is 1.78. The van der Waals surface area contributed by atoms with Gasteiger partial charge in [0.05, 0.1) is 11.0 Å². The minimum absolute atomic E-state index is 0.134. The van der Waals surface area contributed by atoms with E-state index in [1.54, 1.807) is 0 Å². The van der Waals surface area contributed by atoms with Gasteiger partial charge in [0.15, 0.2) is 0 Å². The number of aryl methyl sites for hydroxylation is 2. The Morgan fingerprint density at radius 1 is 1.21 bits per heavy atom. The van der Waals surface area contributed by atoms with Crippen LogP contribution in [0.5, 0.6) is 0 Å². The standard InChI is InChI=1S/C29H39N3O2/c1-18(2)21-7-10-23(11-8-21)30-28-31-25-15-22(9-12-27(33)34)20(4)14-26(25)32(28)24-13-19(3)16-29(5,6)17-24/h7-8,10-11,14-15,18-19,24H,9,12-13,16-17H2,1-6H3,(H,30,31)(H,33,34)/t19-,24+/m1/s1. The molecular weight excluding hydrogens is 422 g/mol. The third-order valence-corrected chi connectivity index (χ3v) is 7.32. The number of nitrogens with one attached hydrogen (secondary N) is 1. The molecule has 5 heteroatoms. The van der Waals surface area contributed by atoms with Crippen molar-refractivity contribution in [2.24, 2.45) is 11.3 Å². The smallest absolute Gasteiger partial charge is 0.303 e. The van der Waals surface area contributed by atoms with Crippen LogP contribution in [0, 0.1) is 18.3 Å². The Bertz CT molecular complexity index is 1170. The van der Waals surface area contributed by atoms with Crippen molar-refractivity contribution in [2.45, 2.75) is 85.6 Å². The number of carboxylic acids is 1. The molecule has 3 aromatic rings. The second-order valence-corrected chi connectivity index (χ2v) is 11.4. The molecule has 0 amide bonds. The third kappa shape index (κ3) is 5.29. The summed E-state index contributed by atoms with van der Waals surface area (Å²) in [4.78, 5) is 16.2. The highest BCUT2D eigenvalue weighted by molar-refractivity contribution is 5.82. The van der Waals surface area contributed by atoms with Crippen molar-refractivity contribution in [1.29, 1.82) is 0 Å². The molecular formula is C29H39N3O2. The summed E-state index contributed by atoms with van der Waals surface area (Å²) in [5, 5.41) is 12.8. The van der Waals surface area contributed by atoms with Gasteiger partial charge in [-0.3, -0.25) is 4.79 Å². The summed E-state index contributed by atoms with van der Waals surface area (Å²) in [6, 6.07) is 13.3. The van der Waals surface area contributed by atoms with E-state index in [1.807, 2.05) is 0 Å². The number of aromatic nitrogens is 2. The fourth-order valence-corrected chi connectivity index (χ4v) is 5.83. The van der Waals surface area contributed by atoms with Crippen molar-refractivity contribution in [1.82, 2.24) is 9.55 Å². The van der Waals surface area contributed by atoms with Crippen LogP contribution in [0.25, 0.3) is 11.0 Å². The largest absolute Gasteiger partial charge is 0.481 e. The maximum Gasteiger partial charge on any atom is 0.303 e. The van der Waals surface area contributed by atoms with Gasteiger partial charge in [-0.15, -0.1) is 0 Å². The number of carboxylic acid groups (broad SMARTS) is 1. The number of nitrogens with zero attached hydrogens (tertiary/aromatic N) is 2. The van der Waals surface area contributed by atoms with Crippen LogP contribution in [0.3, 0.4) is 0 Å². The minimum atomic E-state index is -0.768. The topological polar surface area (TPSA) is 67.2 Å². The lowest BCUT2D eigenvalue weighted by Gasteiger charge is -2.40. The van der Waals surface area contributed by atoms with Gasteiger partial charge in [0.25, 0.3) is 0 Å². The first kappa shape index (κ1) is 24.3. The third-order valence-electron chi connectivity index (χ3n) is 7.32. The molecule has 1 aliphatic carbocycles. The molecule has 1 saturated carbocycles. The van der Waals surface area contributed by atoms with Gasteiger partial charge in [-0.05, 0) is 90.8 Å². The summed E-state index contributed by atoms with van der Waals surface area (Å²) in [7, 11) is 0. The normalized spacial score (nSPS) is 20.1. The van der Waals surface area contributed by atoms with Gasteiger partial charge in [-0.25, -0.2) is 4.98 Å². The van der Waals surface area contributed by atoms with Gasteiger partial charge >= 0.3 is 5.97 Å². The maximum atomic E-state index is 11.1. The number of hydrogen-bond acceptors (Lipinski definition) is 3. The van der Waals surface area contributed by atoms with E-state index in [4.69, 9.17) is 10.1 Å². The first-order chi connectivity index (χ1) is 16.0. The summed E-state index contributed by atoms with van der Waals surface area (Å²) in [6.45, 7) is 13.6. The first-order valence-corrected chi connectivity index (χ1v) is 12.6. The molecule has 4 rings (SSSR count). The van der Waals surface area contributed by atoms with Crippen LogP contribution in [0.2, 0.25) is 0 Å². The van der Waals surface area contributed by atoms with E-state index >= 15 is 0 Å². The quantitative estimate of drug-likeness (QED) is 0.380. The number of imidazole rings is 1. The molecule has 1 fully saturated rings. The summed E-state index contributed by atoms with van der Waals surface area (Å²) in [5.41, 5.74) is 6.89. The molecule has 2 atom stereocenters.